The topological polar surface area (TPSA) is 110 Å². The second-order valence-corrected chi connectivity index (χ2v) is 8.91. The number of carbonyl (C=O) groups excluding carboxylic acids is 1. The maximum absolute atomic E-state index is 12.1. The highest BCUT2D eigenvalue weighted by Gasteiger charge is 2.29. The summed E-state index contributed by atoms with van der Waals surface area (Å²) in [4.78, 5) is 25.0. The average Bonchev–Trinajstić information content (AvgIpc) is 2.62. The molecule has 0 saturated carbocycles. The Morgan fingerprint density at radius 3 is 2.30 bits per heavy atom. The fourth-order valence-corrected chi connectivity index (χ4v) is 4.81. The minimum absolute atomic E-state index is 0.0298. The van der Waals surface area contributed by atoms with Gasteiger partial charge in [-0.15, -0.1) is 0 Å². The van der Waals surface area contributed by atoms with E-state index in [1.165, 1.54) is 6.26 Å². The summed E-state index contributed by atoms with van der Waals surface area (Å²) in [6, 6.07) is 0.0298. The minimum Gasteiger partial charge on any atom is -0.483 e. The van der Waals surface area contributed by atoms with Crippen molar-refractivity contribution in [2.75, 3.05) is 58.6 Å². The minimum atomic E-state index is -3.15. The summed E-state index contributed by atoms with van der Waals surface area (Å²) in [6.07, 6.45) is 4.86. The lowest BCUT2D eigenvalue weighted by Gasteiger charge is -2.34. The van der Waals surface area contributed by atoms with Crippen molar-refractivity contribution in [3.05, 3.63) is 0 Å². The van der Waals surface area contributed by atoms with Gasteiger partial charge >= 0.3 is 0 Å². The van der Waals surface area contributed by atoms with Gasteiger partial charge in [0.1, 0.15) is 0 Å². The zero-order valence-electron chi connectivity index (χ0n) is 16.5. The van der Waals surface area contributed by atoms with Crippen molar-refractivity contribution in [2.45, 2.75) is 38.6 Å². The van der Waals surface area contributed by atoms with Gasteiger partial charge < -0.3 is 15.3 Å². The molecule has 1 atom stereocenters. The molecular formula is C17H34N4O5S. The smallest absolute Gasteiger partial charge is 0.290 e. The number of hydrogen-bond donors (Lipinski definition) is 2. The van der Waals surface area contributed by atoms with Gasteiger partial charge in [-0.2, -0.15) is 4.31 Å². The summed E-state index contributed by atoms with van der Waals surface area (Å²) >= 11 is 0. The summed E-state index contributed by atoms with van der Waals surface area (Å²) < 4.78 is 25.3. The summed E-state index contributed by atoms with van der Waals surface area (Å²) in [5, 5.41) is 9.85. The molecule has 1 unspecified atom stereocenters. The van der Waals surface area contributed by atoms with E-state index in [4.69, 9.17) is 9.90 Å². The van der Waals surface area contributed by atoms with E-state index in [9.17, 15) is 13.2 Å². The van der Waals surface area contributed by atoms with E-state index in [-0.39, 0.29) is 18.4 Å². The number of nitrogens with zero attached hydrogens (tertiary/aromatic N) is 3. The second-order valence-electron chi connectivity index (χ2n) is 6.98. The van der Waals surface area contributed by atoms with E-state index in [1.54, 1.807) is 4.31 Å². The number of rotatable bonds is 7. The highest BCUT2D eigenvalue weighted by atomic mass is 32.2. The van der Waals surface area contributed by atoms with Gasteiger partial charge in [0.25, 0.3) is 6.47 Å². The molecule has 2 rings (SSSR count). The molecule has 1 amide bonds. The summed E-state index contributed by atoms with van der Waals surface area (Å²) in [7, 11) is -3.15. The number of carboxylic acid groups (broad SMARTS) is 1. The molecule has 0 aliphatic carbocycles. The molecule has 9 nitrogen and oxygen atoms in total. The number of likely N-dealkylation sites (N-methyl/N-ethyl adjacent to an activating group) is 1. The van der Waals surface area contributed by atoms with E-state index in [0.717, 1.165) is 52.0 Å². The van der Waals surface area contributed by atoms with Crippen LogP contribution in [0.25, 0.3) is 0 Å². The number of nitrogens with one attached hydrogen (secondary N) is 1. The molecule has 0 aromatic heterocycles. The molecule has 2 saturated heterocycles. The van der Waals surface area contributed by atoms with Crippen molar-refractivity contribution >= 4 is 22.4 Å². The Morgan fingerprint density at radius 1 is 1.15 bits per heavy atom. The first kappa shape index (κ1) is 23.8. The van der Waals surface area contributed by atoms with Crippen LogP contribution in [-0.2, 0) is 19.6 Å². The summed E-state index contributed by atoms with van der Waals surface area (Å²) in [6.45, 7) is 8.50. The van der Waals surface area contributed by atoms with Crippen LogP contribution in [0.1, 0.15) is 32.6 Å². The molecule has 0 radical (unpaired) electrons. The third-order valence-corrected chi connectivity index (χ3v) is 6.41. The summed E-state index contributed by atoms with van der Waals surface area (Å²) in [5.74, 6) is 0.0432. The van der Waals surface area contributed by atoms with Crippen molar-refractivity contribution in [1.82, 2.24) is 19.4 Å². The van der Waals surface area contributed by atoms with Crippen molar-refractivity contribution in [2.24, 2.45) is 0 Å². The third-order valence-electron chi connectivity index (χ3n) is 5.08. The van der Waals surface area contributed by atoms with Crippen LogP contribution in [0.15, 0.2) is 0 Å². The molecule has 2 aliphatic heterocycles. The predicted octanol–water partition coefficient (Wildman–Crippen LogP) is -0.355. The normalized spacial score (nSPS) is 22.5. The molecule has 2 fully saturated rings. The Bertz CT molecular complexity index is 550. The van der Waals surface area contributed by atoms with E-state index in [1.807, 2.05) is 0 Å². The van der Waals surface area contributed by atoms with Gasteiger partial charge in [-0.3, -0.25) is 14.5 Å². The van der Waals surface area contributed by atoms with Crippen molar-refractivity contribution in [1.29, 1.82) is 0 Å². The van der Waals surface area contributed by atoms with Crippen LogP contribution in [0.5, 0.6) is 0 Å². The van der Waals surface area contributed by atoms with Crippen LogP contribution >= 0.6 is 0 Å². The Kier molecular flexibility index (Phi) is 10.8. The van der Waals surface area contributed by atoms with Crippen LogP contribution < -0.4 is 5.32 Å². The quantitative estimate of drug-likeness (QED) is 0.556. The maximum Gasteiger partial charge on any atom is 0.290 e. The molecule has 0 aromatic carbocycles. The lowest BCUT2D eigenvalue weighted by atomic mass is 10.0. The van der Waals surface area contributed by atoms with Crippen LogP contribution in [0, 0.1) is 0 Å². The number of piperidine rings is 1. The zero-order valence-corrected chi connectivity index (χ0v) is 17.3. The number of carbonyl (C=O) groups is 2. The van der Waals surface area contributed by atoms with Crippen LogP contribution in [-0.4, -0.2) is 105 Å². The third kappa shape index (κ3) is 9.00. The molecular weight excluding hydrogens is 372 g/mol. The van der Waals surface area contributed by atoms with E-state index in [0.29, 0.717) is 26.1 Å². The van der Waals surface area contributed by atoms with Gasteiger partial charge in [-0.25, -0.2) is 8.42 Å². The molecule has 10 heteroatoms. The molecule has 0 aromatic rings. The molecule has 0 spiro atoms. The fourth-order valence-electron chi connectivity index (χ4n) is 3.60. The van der Waals surface area contributed by atoms with Crippen molar-refractivity contribution in [3.63, 3.8) is 0 Å². The van der Waals surface area contributed by atoms with Crippen LogP contribution in [0.3, 0.4) is 0 Å². The zero-order chi connectivity index (χ0) is 20.3. The Labute approximate surface area is 162 Å². The highest BCUT2D eigenvalue weighted by Crippen LogP contribution is 2.21. The lowest BCUT2D eigenvalue weighted by Crippen LogP contribution is -2.49. The first-order chi connectivity index (χ1) is 12.8. The largest absolute Gasteiger partial charge is 0.483 e. The Morgan fingerprint density at radius 2 is 1.74 bits per heavy atom. The molecule has 0 bridgehead atoms. The van der Waals surface area contributed by atoms with Gasteiger partial charge in [-0.1, -0.05) is 13.3 Å². The molecule has 2 heterocycles. The van der Waals surface area contributed by atoms with Crippen LogP contribution in [0.4, 0.5) is 0 Å². The number of hydrogen-bond acceptors (Lipinski definition) is 6. The van der Waals surface area contributed by atoms with Gasteiger partial charge in [0.2, 0.25) is 15.9 Å². The predicted molar refractivity (Wildman–Crippen MR) is 104 cm³/mol. The maximum atomic E-state index is 12.1. The fraction of sp³-hybridized carbons (Fsp3) is 0.882. The highest BCUT2D eigenvalue weighted by molar-refractivity contribution is 7.88. The van der Waals surface area contributed by atoms with Gasteiger partial charge in [-0.05, 0) is 25.8 Å². The molecule has 2 aliphatic rings. The summed E-state index contributed by atoms with van der Waals surface area (Å²) in [5.41, 5.74) is 0. The first-order valence-corrected chi connectivity index (χ1v) is 11.4. The number of piperazine rings is 1. The number of amides is 1. The van der Waals surface area contributed by atoms with E-state index in [2.05, 4.69) is 22.0 Å². The first-order valence-electron chi connectivity index (χ1n) is 9.57. The van der Waals surface area contributed by atoms with E-state index >= 15 is 0 Å². The Balaban J connectivity index is 0.00000114. The number of sulfonamides is 1. The molecule has 158 valence electrons. The van der Waals surface area contributed by atoms with Gasteiger partial charge in [0, 0.05) is 45.3 Å². The van der Waals surface area contributed by atoms with Gasteiger partial charge in [0.05, 0.1) is 12.8 Å². The van der Waals surface area contributed by atoms with Gasteiger partial charge in [0.15, 0.2) is 0 Å². The van der Waals surface area contributed by atoms with Crippen molar-refractivity contribution < 1.29 is 23.1 Å². The standard InChI is InChI=1S/C16H32N4O3S.CH2O2/c1-3-18-10-12-19(13-11-18)14-16(21)17-8-7-15-6-4-5-9-20(15)24(2,22)23;2-1-3/h15H,3-14H2,1-2H3,(H,17,21);1H,(H,2,3). The molecule has 27 heavy (non-hydrogen) atoms. The monoisotopic (exact) mass is 406 g/mol. The van der Waals surface area contributed by atoms with E-state index < -0.39 is 10.0 Å². The Hall–Kier alpha value is -1.23. The average molecular weight is 407 g/mol. The van der Waals surface area contributed by atoms with Crippen molar-refractivity contribution in [3.8, 4) is 0 Å². The molecule has 2 N–H and O–H groups in total. The lowest BCUT2D eigenvalue weighted by molar-refractivity contribution is -0.123. The second kappa shape index (κ2) is 12.3. The van der Waals surface area contributed by atoms with Crippen LogP contribution in [0.2, 0.25) is 0 Å². The SMILES string of the molecule is CCN1CCN(CC(=O)NCCC2CCCCN2S(C)(=O)=O)CC1.O=CO.